The Labute approximate surface area is 165 Å². The van der Waals surface area contributed by atoms with Gasteiger partial charge >= 0.3 is 5.97 Å². The molecule has 1 aromatic heterocycles. The predicted octanol–water partition coefficient (Wildman–Crippen LogP) is 3.63. The van der Waals surface area contributed by atoms with Crippen molar-refractivity contribution in [2.45, 2.75) is 12.2 Å². The van der Waals surface area contributed by atoms with E-state index < -0.39 is 18.2 Å². The van der Waals surface area contributed by atoms with Gasteiger partial charge in [-0.15, -0.1) is 0 Å². The number of rotatable bonds is 3. The third-order valence-corrected chi connectivity index (χ3v) is 4.85. The van der Waals surface area contributed by atoms with Gasteiger partial charge in [0.1, 0.15) is 17.7 Å². The number of esters is 1. The Morgan fingerprint density at radius 2 is 1.96 bits per heavy atom. The summed E-state index contributed by atoms with van der Waals surface area (Å²) in [7, 11) is 1.86. The number of nitrogens with zero attached hydrogens (tertiary/aromatic N) is 2. The van der Waals surface area contributed by atoms with Gasteiger partial charge in [0.25, 0.3) is 0 Å². The van der Waals surface area contributed by atoms with Gasteiger partial charge in [-0.3, -0.25) is 4.90 Å². The zero-order chi connectivity index (χ0) is 19.1. The van der Waals surface area contributed by atoms with Crippen LogP contribution in [0.4, 0.5) is 0 Å². The first-order valence-electron chi connectivity index (χ1n) is 8.34. The van der Waals surface area contributed by atoms with E-state index in [1.165, 1.54) is 0 Å². The number of aromatic nitrogens is 1. The van der Waals surface area contributed by atoms with E-state index in [9.17, 15) is 9.90 Å². The molecule has 2 aromatic carbocycles. The van der Waals surface area contributed by atoms with Crippen LogP contribution >= 0.6 is 23.2 Å². The van der Waals surface area contributed by atoms with Crippen molar-refractivity contribution in [2.24, 2.45) is 0 Å². The molecule has 4 rings (SSSR count). The third-order valence-electron chi connectivity index (χ3n) is 4.41. The predicted molar refractivity (Wildman–Crippen MR) is 102 cm³/mol. The van der Waals surface area contributed by atoms with E-state index in [1.54, 1.807) is 36.4 Å². The molecule has 2 heterocycles. The summed E-state index contributed by atoms with van der Waals surface area (Å²) in [6.07, 6.45) is -1.23. The quantitative estimate of drug-likeness (QED) is 0.669. The number of hydrogen-bond acceptors (Lipinski definition) is 6. The Morgan fingerprint density at radius 3 is 2.63 bits per heavy atom. The normalized spacial score (nSPS) is 20.3. The van der Waals surface area contributed by atoms with Crippen molar-refractivity contribution < 1.29 is 19.1 Å². The second-order valence-corrected chi connectivity index (χ2v) is 7.46. The number of likely N-dealkylation sites (tertiary alicyclic amines) is 1. The van der Waals surface area contributed by atoms with E-state index in [-0.39, 0.29) is 0 Å². The molecular weight excluding hydrogens is 391 g/mol. The Bertz CT molecular complexity index is 1000. The SMILES string of the molecule is CN1C[C@H](OC(=O)c2ccc3nc(-c4cc(Cl)cc(Cl)c4)oc3c2)[C@@H](O)C1. The smallest absolute Gasteiger partial charge is 0.338 e. The van der Waals surface area contributed by atoms with Crippen molar-refractivity contribution in [2.75, 3.05) is 20.1 Å². The largest absolute Gasteiger partial charge is 0.455 e. The number of carbonyl (C=O) groups excluding carboxylic acids is 1. The maximum atomic E-state index is 12.4. The lowest BCUT2D eigenvalue weighted by Crippen LogP contribution is -2.29. The summed E-state index contributed by atoms with van der Waals surface area (Å²) in [5, 5.41) is 10.9. The van der Waals surface area contributed by atoms with E-state index in [2.05, 4.69) is 4.98 Å². The third kappa shape index (κ3) is 3.80. The Kier molecular flexibility index (Phi) is 4.82. The van der Waals surface area contributed by atoms with E-state index in [1.807, 2.05) is 11.9 Å². The summed E-state index contributed by atoms with van der Waals surface area (Å²) in [5.74, 6) is -0.159. The molecule has 0 unspecified atom stereocenters. The summed E-state index contributed by atoms with van der Waals surface area (Å²) >= 11 is 12.1. The number of benzene rings is 2. The van der Waals surface area contributed by atoms with Crippen LogP contribution in [-0.4, -0.2) is 53.3 Å². The fourth-order valence-corrected chi connectivity index (χ4v) is 3.64. The average molecular weight is 407 g/mol. The highest BCUT2D eigenvalue weighted by Gasteiger charge is 2.32. The van der Waals surface area contributed by atoms with Gasteiger partial charge in [0.05, 0.1) is 5.56 Å². The fraction of sp³-hybridized carbons (Fsp3) is 0.263. The molecule has 0 bridgehead atoms. The maximum Gasteiger partial charge on any atom is 0.338 e. The molecule has 6 nitrogen and oxygen atoms in total. The van der Waals surface area contributed by atoms with Gasteiger partial charge in [-0.2, -0.15) is 0 Å². The number of likely N-dealkylation sites (N-methyl/N-ethyl adjacent to an activating group) is 1. The Morgan fingerprint density at radius 1 is 1.22 bits per heavy atom. The van der Waals surface area contributed by atoms with Gasteiger partial charge in [0.15, 0.2) is 5.58 Å². The van der Waals surface area contributed by atoms with E-state index >= 15 is 0 Å². The molecule has 8 heteroatoms. The maximum absolute atomic E-state index is 12.4. The van der Waals surface area contributed by atoms with Gasteiger partial charge in [0.2, 0.25) is 5.89 Å². The summed E-state index contributed by atoms with van der Waals surface area (Å²) in [6, 6.07) is 9.90. The lowest BCUT2D eigenvalue weighted by atomic mass is 10.2. The van der Waals surface area contributed by atoms with Crippen molar-refractivity contribution in [3.05, 3.63) is 52.0 Å². The zero-order valence-electron chi connectivity index (χ0n) is 14.4. The number of β-amino-alcohol motifs (C(OH)–C–C–N with tert-alkyl or cyclic N) is 1. The fourth-order valence-electron chi connectivity index (χ4n) is 3.11. The first-order chi connectivity index (χ1) is 12.9. The second kappa shape index (κ2) is 7.13. The van der Waals surface area contributed by atoms with Crippen LogP contribution in [0.1, 0.15) is 10.4 Å². The van der Waals surface area contributed by atoms with Crippen LogP contribution in [0.15, 0.2) is 40.8 Å². The number of hydrogen-bond donors (Lipinski definition) is 1. The first kappa shape index (κ1) is 18.3. The number of halogens is 2. The van der Waals surface area contributed by atoms with Gasteiger partial charge in [0, 0.05) is 28.7 Å². The van der Waals surface area contributed by atoms with E-state index in [4.69, 9.17) is 32.4 Å². The van der Waals surface area contributed by atoms with Crippen LogP contribution in [0.3, 0.4) is 0 Å². The molecule has 140 valence electrons. The molecule has 3 aromatic rings. The van der Waals surface area contributed by atoms with Crippen LogP contribution in [-0.2, 0) is 4.74 Å². The van der Waals surface area contributed by atoms with Crippen molar-refractivity contribution in [1.29, 1.82) is 0 Å². The van der Waals surface area contributed by atoms with Crippen LogP contribution in [0.5, 0.6) is 0 Å². The second-order valence-electron chi connectivity index (χ2n) is 6.59. The lowest BCUT2D eigenvalue weighted by molar-refractivity contribution is 0.00177. The minimum atomic E-state index is -0.688. The first-order valence-corrected chi connectivity index (χ1v) is 9.09. The highest BCUT2D eigenvalue weighted by Crippen LogP contribution is 2.29. The summed E-state index contributed by atoms with van der Waals surface area (Å²) in [4.78, 5) is 18.7. The molecular formula is C19H16Cl2N2O4. The van der Waals surface area contributed by atoms with E-state index in [0.29, 0.717) is 51.3 Å². The Balaban J connectivity index is 1.60. The molecule has 0 amide bonds. The summed E-state index contributed by atoms with van der Waals surface area (Å²) < 4.78 is 11.2. The minimum Gasteiger partial charge on any atom is -0.455 e. The number of aliphatic hydroxyl groups excluding tert-OH is 1. The summed E-state index contributed by atoms with van der Waals surface area (Å²) in [5.41, 5.74) is 2.01. The molecule has 27 heavy (non-hydrogen) atoms. The zero-order valence-corrected chi connectivity index (χ0v) is 15.9. The molecule has 0 aliphatic carbocycles. The Hall–Kier alpha value is -2.12. The minimum absolute atomic E-state index is 0.330. The average Bonchev–Trinajstić information content (AvgIpc) is 3.16. The van der Waals surface area contributed by atoms with Crippen LogP contribution < -0.4 is 0 Å². The van der Waals surface area contributed by atoms with Crippen molar-refractivity contribution in [3.63, 3.8) is 0 Å². The molecule has 1 aliphatic rings. The molecule has 0 saturated carbocycles. The molecule has 1 fully saturated rings. The lowest BCUT2D eigenvalue weighted by Gasteiger charge is -2.14. The van der Waals surface area contributed by atoms with Crippen LogP contribution in [0.2, 0.25) is 10.0 Å². The number of fused-ring (bicyclic) bond motifs is 1. The van der Waals surface area contributed by atoms with E-state index in [0.717, 1.165) is 0 Å². The molecule has 2 atom stereocenters. The highest BCUT2D eigenvalue weighted by atomic mass is 35.5. The standard InChI is InChI=1S/C19H16Cl2N2O4/c1-23-8-15(24)17(9-23)27-19(25)10-2-3-14-16(6-10)26-18(22-14)11-4-12(20)7-13(21)5-11/h2-7,15,17,24H,8-9H2,1H3/t15-,17-/m0/s1. The van der Waals surface area contributed by atoms with Crippen molar-refractivity contribution in [1.82, 2.24) is 9.88 Å². The monoisotopic (exact) mass is 406 g/mol. The number of oxazole rings is 1. The number of ether oxygens (including phenoxy) is 1. The number of aliphatic hydroxyl groups is 1. The summed E-state index contributed by atoms with van der Waals surface area (Å²) in [6.45, 7) is 0.974. The van der Waals surface area contributed by atoms with Crippen molar-refractivity contribution in [3.8, 4) is 11.5 Å². The molecule has 1 saturated heterocycles. The number of carbonyl (C=O) groups is 1. The molecule has 0 spiro atoms. The van der Waals surface area contributed by atoms with Gasteiger partial charge in [-0.05, 0) is 43.4 Å². The van der Waals surface area contributed by atoms with Crippen molar-refractivity contribution >= 4 is 40.3 Å². The topological polar surface area (TPSA) is 75.8 Å². The van der Waals surface area contributed by atoms with Crippen LogP contribution in [0, 0.1) is 0 Å². The van der Waals surface area contributed by atoms with Gasteiger partial charge in [-0.25, -0.2) is 9.78 Å². The van der Waals surface area contributed by atoms with Crippen LogP contribution in [0.25, 0.3) is 22.6 Å². The van der Waals surface area contributed by atoms with Gasteiger partial charge < -0.3 is 14.3 Å². The molecule has 1 N–H and O–H groups in total. The molecule has 0 radical (unpaired) electrons. The van der Waals surface area contributed by atoms with Gasteiger partial charge in [-0.1, -0.05) is 23.2 Å². The highest BCUT2D eigenvalue weighted by molar-refractivity contribution is 6.35. The molecule has 1 aliphatic heterocycles.